The van der Waals surface area contributed by atoms with Gasteiger partial charge in [-0.3, -0.25) is 4.79 Å². The minimum Gasteiger partial charge on any atom is -0.429 e. The van der Waals surface area contributed by atoms with Crippen LogP contribution in [0.2, 0.25) is 0 Å². The molecule has 2 aromatic carbocycles. The molecular weight excluding hydrogens is 245 g/mol. The molecule has 0 spiro atoms. The Morgan fingerprint density at radius 3 is 1.94 bits per heavy atom. The Bertz CT molecular complexity index is 556. The summed E-state index contributed by atoms with van der Waals surface area (Å²) in [6, 6.07) is 7.73. The lowest BCUT2D eigenvalue weighted by Crippen LogP contribution is -1.92. The molecule has 0 aromatic heterocycles. The van der Waals surface area contributed by atoms with Gasteiger partial charge in [0, 0.05) is 0 Å². The van der Waals surface area contributed by atoms with Crippen molar-refractivity contribution in [1.29, 1.82) is 0 Å². The van der Waals surface area contributed by atoms with Crippen LogP contribution in [0.25, 0.3) is 11.1 Å². The number of halogens is 3. The lowest BCUT2D eigenvalue weighted by molar-refractivity contribution is -0.120. The number of carbonyl (C=O) groups is 1. The second-order valence-corrected chi connectivity index (χ2v) is 3.49. The summed E-state index contributed by atoms with van der Waals surface area (Å²) in [6.45, 7) is 0.270. The van der Waals surface area contributed by atoms with E-state index in [-0.39, 0.29) is 12.0 Å². The highest BCUT2D eigenvalue weighted by atomic mass is 19.2. The summed E-state index contributed by atoms with van der Waals surface area (Å²) in [4.78, 5) is 10.1. The van der Waals surface area contributed by atoms with Gasteiger partial charge in [0.15, 0.2) is 17.5 Å². The molecule has 92 valence electrons. The molecule has 0 radical (unpaired) electrons. The monoisotopic (exact) mass is 252 g/mol. The van der Waals surface area contributed by atoms with Gasteiger partial charge in [-0.25, -0.2) is 13.2 Å². The molecule has 2 nitrogen and oxygen atoms in total. The first-order valence-electron chi connectivity index (χ1n) is 4.97. The molecule has 18 heavy (non-hydrogen) atoms. The van der Waals surface area contributed by atoms with Gasteiger partial charge >= 0.3 is 0 Å². The molecular formula is C13H7F3O2. The van der Waals surface area contributed by atoms with E-state index in [0.29, 0.717) is 11.3 Å². The first-order chi connectivity index (χ1) is 8.61. The molecule has 0 fully saturated rings. The van der Waals surface area contributed by atoms with Crippen molar-refractivity contribution in [2.75, 3.05) is 0 Å². The maximum atomic E-state index is 13.0. The van der Waals surface area contributed by atoms with Gasteiger partial charge in [0.2, 0.25) is 0 Å². The van der Waals surface area contributed by atoms with Gasteiger partial charge in [-0.15, -0.1) is 0 Å². The molecule has 0 saturated heterocycles. The van der Waals surface area contributed by atoms with Crippen molar-refractivity contribution in [2.45, 2.75) is 0 Å². The summed E-state index contributed by atoms with van der Waals surface area (Å²) in [6.07, 6.45) is 0. The van der Waals surface area contributed by atoms with E-state index in [1.807, 2.05) is 0 Å². The van der Waals surface area contributed by atoms with Crippen molar-refractivity contribution in [2.24, 2.45) is 0 Å². The molecule has 0 bridgehead atoms. The number of ether oxygens (including phenoxy) is 1. The maximum Gasteiger partial charge on any atom is 0.298 e. The van der Waals surface area contributed by atoms with Gasteiger partial charge < -0.3 is 4.74 Å². The first-order valence-corrected chi connectivity index (χ1v) is 4.97. The molecule has 0 N–H and O–H groups in total. The lowest BCUT2D eigenvalue weighted by atomic mass is 10.1. The van der Waals surface area contributed by atoms with Gasteiger partial charge in [0.25, 0.3) is 6.47 Å². The Labute approximate surface area is 101 Å². The molecule has 0 saturated carbocycles. The molecule has 0 atom stereocenters. The van der Waals surface area contributed by atoms with Gasteiger partial charge in [-0.05, 0) is 35.4 Å². The second kappa shape index (κ2) is 4.91. The number of benzene rings is 2. The van der Waals surface area contributed by atoms with Crippen LogP contribution in [0, 0.1) is 17.5 Å². The van der Waals surface area contributed by atoms with Crippen LogP contribution in [0.5, 0.6) is 5.75 Å². The molecule has 0 unspecified atom stereocenters. The highest BCUT2D eigenvalue weighted by Crippen LogP contribution is 2.25. The zero-order chi connectivity index (χ0) is 13.1. The maximum absolute atomic E-state index is 13.0. The normalized spacial score (nSPS) is 10.2. The van der Waals surface area contributed by atoms with E-state index in [1.54, 1.807) is 0 Å². The highest BCUT2D eigenvalue weighted by molar-refractivity contribution is 5.64. The van der Waals surface area contributed by atoms with Crippen molar-refractivity contribution in [3.63, 3.8) is 0 Å². The fourth-order valence-electron chi connectivity index (χ4n) is 1.50. The molecule has 0 aliphatic heterocycles. The quantitative estimate of drug-likeness (QED) is 0.618. The van der Waals surface area contributed by atoms with Crippen molar-refractivity contribution in [3.05, 3.63) is 53.8 Å². The van der Waals surface area contributed by atoms with E-state index in [9.17, 15) is 18.0 Å². The molecule has 2 aromatic rings. The zero-order valence-corrected chi connectivity index (χ0v) is 8.99. The molecule has 2 rings (SSSR count). The minimum absolute atomic E-state index is 0.198. The van der Waals surface area contributed by atoms with Gasteiger partial charge in [-0.1, -0.05) is 12.1 Å². The number of rotatable bonds is 3. The Kier molecular flexibility index (Phi) is 3.32. The van der Waals surface area contributed by atoms with Crippen LogP contribution in [-0.2, 0) is 4.79 Å². The van der Waals surface area contributed by atoms with E-state index < -0.39 is 17.5 Å². The SMILES string of the molecule is O=COc1ccc(-c2cc(F)c(F)c(F)c2)cc1. The van der Waals surface area contributed by atoms with Crippen LogP contribution < -0.4 is 4.74 Å². The van der Waals surface area contributed by atoms with Crippen LogP contribution in [0.3, 0.4) is 0 Å². The van der Waals surface area contributed by atoms with Gasteiger partial charge in [0.05, 0.1) is 0 Å². The van der Waals surface area contributed by atoms with Crippen molar-refractivity contribution >= 4 is 6.47 Å². The summed E-state index contributed by atoms with van der Waals surface area (Å²) in [5.41, 5.74) is 0.676. The van der Waals surface area contributed by atoms with Crippen molar-refractivity contribution < 1.29 is 22.7 Å². The third kappa shape index (κ3) is 2.34. The number of hydrogen-bond donors (Lipinski definition) is 0. The smallest absolute Gasteiger partial charge is 0.298 e. The van der Waals surface area contributed by atoms with Crippen LogP contribution >= 0.6 is 0 Å². The number of hydrogen-bond acceptors (Lipinski definition) is 2. The molecule has 0 aliphatic rings. The van der Waals surface area contributed by atoms with E-state index >= 15 is 0 Å². The van der Waals surface area contributed by atoms with E-state index in [4.69, 9.17) is 0 Å². The van der Waals surface area contributed by atoms with Gasteiger partial charge in [0.1, 0.15) is 5.75 Å². The zero-order valence-electron chi connectivity index (χ0n) is 8.99. The largest absolute Gasteiger partial charge is 0.429 e. The predicted molar refractivity (Wildman–Crippen MR) is 58.4 cm³/mol. The third-order valence-electron chi connectivity index (χ3n) is 2.36. The predicted octanol–water partition coefficient (Wildman–Crippen LogP) is 3.31. The lowest BCUT2D eigenvalue weighted by Gasteiger charge is -2.04. The molecule has 5 heteroatoms. The van der Waals surface area contributed by atoms with E-state index in [2.05, 4.69) is 4.74 Å². The average Bonchev–Trinajstić information content (AvgIpc) is 2.37. The third-order valence-corrected chi connectivity index (χ3v) is 2.36. The van der Waals surface area contributed by atoms with Crippen molar-refractivity contribution in [3.8, 4) is 16.9 Å². The average molecular weight is 252 g/mol. The number of carbonyl (C=O) groups excluding carboxylic acids is 1. The fraction of sp³-hybridized carbons (Fsp3) is 0. The molecule has 0 aliphatic carbocycles. The summed E-state index contributed by atoms with van der Waals surface area (Å²) in [5, 5.41) is 0. The summed E-state index contributed by atoms with van der Waals surface area (Å²) in [7, 11) is 0. The fourth-order valence-corrected chi connectivity index (χ4v) is 1.50. The summed E-state index contributed by atoms with van der Waals surface area (Å²) >= 11 is 0. The molecule has 0 amide bonds. The van der Waals surface area contributed by atoms with Crippen LogP contribution in [0.1, 0.15) is 0 Å². The summed E-state index contributed by atoms with van der Waals surface area (Å²) < 4.78 is 43.4. The Balaban J connectivity index is 2.39. The Morgan fingerprint density at radius 2 is 1.44 bits per heavy atom. The Morgan fingerprint density at radius 1 is 0.889 bits per heavy atom. The standard InChI is InChI=1S/C13H7F3O2/c14-11-5-9(6-12(15)13(11)16)8-1-3-10(4-2-8)18-7-17/h1-7H. The topological polar surface area (TPSA) is 26.3 Å². The highest BCUT2D eigenvalue weighted by Gasteiger charge is 2.11. The first kappa shape index (κ1) is 12.2. The summed E-state index contributed by atoms with van der Waals surface area (Å²) in [5.74, 6) is -3.70. The van der Waals surface area contributed by atoms with Gasteiger partial charge in [-0.2, -0.15) is 0 Å². The van der Waals surface area contributed by atoms with Crippen LogP contribution in [-0.4, -0.2) is 6.47 Å². The Hall–Kier alpha value is -2.30. The van der Waals surface area contributed by atoms with Crippen molar-refractivity contribution in [1.82, 2.24) is 0 Å². The van der Waals surface area contributed by atoms with Crippen LogP contribution in [0.4, 0.5) is 13.2 Å². The minimum atomic E-state index is -1.50. The van der Waals surface area contributed by atoms with E-state index in [1.165, 1.54) is 24.3 Å². The second-order valence-electron chi connectivity index (χ2n) is 3.49. The van der Waals surface area contributed by atoms with Crippen LogP contribution in [0.15, 0.2) is 36.4 Å². The van der Waals surface area contributed by atoms with E-state index in [0.717, 1.165) is 12.1 Å². The molecule has 0 heterocycles.